The van der Waals surface area contributed by atoms with Crippen molar-refractivity contribution in [3.8, 4) is 11.5 Å². The molecule has 0 amide bonds. The quantitative estimate of drug-likeness (QED) is 0.192. The third-order valence-corrected chi connectivity index (χ3v) is 9.49. The van der Waals surface area contributed by atoms with E-state index in [-0.39, 0.29) is 0 Å². The van der Waals surface area contributed by atoms with Gasteiger partial charge in [-0.2, -0.15) is 0 Å². The fraction of sp³-hybridized carbons (Fsp3) is 0. The fourth-order valence-electron chi connectivity index (χ4n) is 7.23. The lowest BCUT2D eigenvalue weighted by Gasteiger charge is -2.25. The summed E-state index contributed by atoms with van der Waals surface area (Å²) in [5.41, 5.74) is 10.1. The number of hydrogen-bond donors (Lipinski definition) is 0. The van der Waals surface area contributed by atoms with E-state index in [0.29, 0.717) is 11.5 Å². The number of nitrogens with zero attached hydrogens (tertiary/aromatic N) is 2. The molecule has 0 radical (unpaired) electrons. The molecule has 49 heavy (non-hydrogen) atoms. The third-order valence-electron chi connectivity index (χ3n) is 9.49. The van der Waals surface area contributed by atoms with Crippen LogP contribution in [0.5, 0.6) is 0 Å². The van der Waals surface area contributed by atoms with E-state index >= 15 is 0 Å². The molecule has 0 saturated carbocycles. The van der Waals surface area contributed by atoms with Gasteiger partial charge in [-0.1, -0.05) is 54.6 Å². The highest BCUT2D eigenvalue weighted by molar-refractivity contribution is 6.17. The zero-order valence-corrected chi connectivity index (χ0v) is 25.9. The van der Waals surface area contributed by atoms with Gasteiger partial charge in [-0.25, -0.2) is 4.98 Å². The van der Waals surface area contributed by atoms with Crippen LogP contribution >= 0.6 is 0 Å². The van der Waals surface area contributed by atoms with Gasteiger partial charge < -0.3 is 22.6 Å². The summed E-state index contributed by atoms with van der Waals surface area (Å²) in [6, 6.07) is 49.2. The molecule has 7 aromatic carbocycles. The smallest absolute Gasteiger partial charge is 0.227 e. The van der Waals surface area contributed by atoms with E-state index < -0.39 is 0 Å². The van der Waals surface area contributed by atoms with E-state index in [0.717, 1.165) is 94.0 Å². The summed E-state index contributed by atoms with van der Waals surface area (Å²) in [6.45, 7) is 0. The molecule has 0 saturated heterocycles. The number of hydrogen-bond acceptors (Lipinski definition) is 6. The summed E-state index contributed by atoms with van der Waals surface area (Å²) in [6.07, 6.45) is 0. The van der Waals surface area contributed by atoms with Crippen LogP contribution < -0.4 is 4.90 Å². The number of anilines is 3. The van der Waals surface area contributed by atoms with Gasteiger partial charge in [0, 0.05) is 61.7 Å². The van der Waals surface area contributed by atoms with Crippen LogP contribution in [0.25, 0.3) is 88.4 Å². The highest BCUT2D eigenvalue weighted by Crippen LogP contribution is 2.44. The molecule has 0 atom stereocenters. The van der Waals surface area contributed by atoms with Crippen molar-refractivity contribution < 1.29 is 17.7 Å². The molecule has 0 aliphatic rings. The van der Waals surface area contributed by atoms with Crippen LogP contribution in [-0.4, -0.2) is 4.98 Å². The Hall–Kier alpha value is -6.79. The highest BCUT2D eigenvalue weighted by Gasteiger charge is 2.21. The molecule has 11 aromatic rings. The zero-order valence-electron chi connectivity index (χ0n) is 25.9. The molecule has 6 heteroatoms. The molecule has 0 fully saturated rings. The van der Waals surface area contributed by atoms with Crippen molar-refractivity contribution >= 4 is 94.0 Å². The molecule has 4 aromatic heterocycles. The second-order valence-electron chi connectivity index (χ2n) is 12.3. The first kappa shape index (κ1) is 26.3. The van der Waals surface area contributed by atoms with Gasteiger partial charge in [0.15, 0.2) is 5.58 Å². The number of furan rings is 3. The normalized spacial score (nSPS) is 12.1. The number of para-hydroxylation sites is 2. The summed E-state index contributed by atoms with van der Waals surface area (Å²) in [7, 11) is 0. The van der Waals surface area contributed by atoms with Crippen molar-refractivity contribution in [3.63, 3.8) is 0 Å². The van der Waals surface area contributed by atoms with Gasteiger partial charge in [0.1, 0.15) is 39.0 Å². The van der Waals surface area contributed by atoms with Gasteiger partial charge in [-0.05, 0) is 78.9 Å². The largest absolute Gasteiger partial charge is 0.456 e. The van der Waals surface area contributed by atoms with Gasteiger partial charge in [0.25, 0.3) is 0 Å². The Morgan fingerprint density at radius 1 is 0.388 bits per heavy atom. The maximum atomic E-state index is 6.45. The molecule has 11 rings (SSSR count). The second kappa shape index (κ2) is 9.86. The Bertz CT molecular complexity index is 2960. The van der Waals surface area contributed by atoms with Crippen molar-refractivity contribution in [2.45, 2.75) is 0 Å². The van der Waals surface area contributed by atoms with Gasteiger partial charge in [0.05, 0.1) is 5.39 Å². The number of fused-ring (bicyclic) bond motifs is 11. The molecular weight excluding hydrogens is 608 g/mol. The Labute approximate surface area is 278 Å². The first-order valence-corrected chi connectivity index (χ1v) is 16.2. The topological polar surface area (TPSA) is 68.7 Å². The average Bonchev–Trinajstić information content (AvgIpc) is 3.92. The molecule has 230 valence electrons. The van der Waals surface area contributed by atoms with E-state index in [9.17, 15) is 0 Å². The van der Waals surface area contributed by atoms with Crippen molar-refractivity contribution in [2.24, 2.45) is 0 Å². The second-order valence-corrected chi connectivity index (χ2v) is 12.3. The summed E-state index contributed by atoms with van der Waals surface area (Å²) in [5.74, 6) is 0.577. The van der Waals surface area contributed by atoms with Crippen LogP contribution in [0.2, 0.25) is 0 Å². The Morgan fingerprint density at radius 3 is 1.61 bits per heavy atom. The first-order chi connectivity index (χ1) is 24.2. The summed E-state index contributed by atoms with van der Waals surface area (Å²) >= 11 is 0. The summed E-state index contributed by atoms with van der Waals surface area (Å²) in [4.78, 5) is 7.06. The minimum atomic E-state index is 0.577. The molecule has 4 heterocycles. The van der Waals surface area contributed by atoms with E-state index in [1.54, 1.807) is 0 Å². The SMILES string of the molecule is c1ccc(-c2nc3ccc4oc5ccc(N(c6ccc7c(c6)oc6ccccc67)c6ccc7c(c6)oc6ccccc67)cc5c4c3o2)cc1. The first-order valence-electron chi connectivity index (χ1n) is 16.2. The molecule has 0 aliphatic carbocycles. The van der Waals surface area contributed by atoms with E-state index in [1.807, 2.05) is 84.9 Å². The molecule has 0 spiro atoms. The number of rotatable bonds is 4. The summed E-state index contributed by atoms with van der Waals surface area (Å²) in [5, 5.41) is 6.17. The zero-order chi connectivity index (χ0) is 32.1. The fourth-order valence-corrected chi connectivity index (χ4v) is 7.23. The maximum Gasteiger partial charge on any atom is 0.227 e. The minimum Gasteiger partial charge on any atom is -0.456 e. The number of aromatic nitrogens is 1. The van der Waals surface area contributed by atoms with Gasteiger partial charge >= 0.3 is 0 Å². The Morgan fingerprint density at radius 2 is 0.918 bits per heavy atom. The molecular formula is C43H24N2O4. The number of oxazole rings is 1. The van der Waals surface area contributed by atoms with E-state index in [2.05, 4.69) is 65.6 Å². The molecule has 0 aliphatic heterocycles. The van der Waals surface area contributed by atoms with Gasteiger partial charge in [0.2, 0.25) is 5.89 Å². The summed E-state index contributed by atoms with van der Waals surface area (Å²) < 4.78 is 25.5. The van der Waals surface area contributed by atoms with Gasteiger partial charge in [-0.15, -0.1) is 0 Å². The Balaban J connectivity index is 1.15. The Kier molecular flexibility index (Phi) is 5.29. The maximum absolute atomic E-state index is 6.45. The van der Waals surface area contributed by atoms with Crippen molar-refractivity contribution in [3.05, 3.63) is 146 Å². The van der Waals surface area contributed by atoms with Gasteiger partial charge in [-0.3, -0.25) is 0 Å². The highest BCUT2D eigenvalue weighted by atomic mass is 16.4. The average molecular weight is 633 g/mol. The monoisotopic (exact) mass is 632 g/mol. The molecule has 0 N–H and O–H groups in total. The van der Waals surface area contributed by atoms with Crippen molar-refractivity contribution in [1.29, 1.82) is 0 Å². The van der Waals surface area contributed by atoms with Crippen LogP contribution in [0.3, 0.4) is 0 Å². The number of benzene rings is 7. The van der Waals surface area contributed by atoms with E-state index in [4.69, 9.17) is 22.7 Å². The molecule has 0 bridgehead atoms. The molecule has 6 nitrogen and oxygen atoms in total. The lowest BCUT2D eigenvalue weighted by molar-refractivity contribution is 0.622. The standard InChI is InChI=1S/C43H24N2O4/c1-2-8-25(9-3-1)43-44-34-19-21-38-41(42(34)49-43)33-22-26(16-20-37(33)46-38)45(27-14-17-31-29-10-4-6-12-35(29)47-39(31)23-27)28-15-18-32-30-11-5-7-13-36(30)48-40(32)24-28/h1-24H. The minimum absolute atomic E-state index is 0.577. The van der Waals surface area contributed by atoms with Crippen molar-refractivity contribution in [1.82, 2.24) is 4.98 Å². The van der Waals surface area contributed by atoms with Crippen LogP contribution in [0.15, 0.2) is 163 Å². The van der Waals surface area contributed by atoms with Crippen LogP contribution in [0.4, 0.5) is 17.1 Å². The third kappa shape index (κ3) is 3.92. The lowest BCUT2D eigenvalue weighted by Crippen LogP contribution is -2.09. The lowest BCUT2D eigenvalue weighted by atomic mass is 10.1. The van der Waals surface area contributed by atoms with Crippen LogP contribution in [-0.2, 0) is 0 Å². The van der Waals surface area contributed by atoms with Crippen LogP contribution in [0, 0.1) is 0 Å². The van der Waals surface area contributed by atoms with E-state index in [1.165, 1.54) is 0 Å². The molecule has 0 unspecified atom stereocenters. The van der Waals surface area contributed by atoms with Crippen LogP contribution in [0.1, 0.15) is 0 Å². The predicted octanol–water partition coefficient (Wildman–Crippen LogP) is 12.7. The predicted molar refractivity (Wildman–Crippen MR) is 196 cm³/mol. The van der Waals surface area contributed by atoms with Crippen molar-refractivity contribution in [2.75, 3.05) is 4.90 Å².